The molecule has 1 aliphatic heterocycles. The number of hydrogen-bond donors (Lipinski definition) is 1. The fourth-order valence-corrected chi connectivity index (χ4v) is 4.33. The molecular weight excluding hydrogens is 384 g/mol. The van der Waals surface area contributed by atoms with Crippen LogP contribution in [-0.4, -0.2) is 30.3 Å². The zero-order chi connectivity index (χ0) is 22.7. The summed E-state index contributed by atoms with van der Waals surface area (Å²) in [7, 11) is 0. The molecule has 1 aliphatic rings. The fraction of sp³-hybridized carbons (Fsp3) is 0.565. The van der Waals surface area contributed by atoms with Crippen molar-refractivity contribution >= 4 is 29.4 Å². The van der Waals surface area contributed by atoms with Gasteiger partial charge < -0.3 is 10.5 Å². The van der Waals surface area contributed by atoms with Crippen LogP contribution < -0.4 is 10.6 Å². The second kappa shape index (κ2) is 8.98. The van der Waals surface area contributed by atoms with Crippen LogP contribution in [0.15, 0.2) is 30.3 Å². The van der Waals surface area contributed by atoms with Gasteiger partial charge in [0.05, 0.1) is 29.0 Å². The Morgan fingerprint density at radius 2 is 1.70 bits per heavy atom. The summed E-state index contributed by atoms with van der Waals surface area (Å²) in [5, 5.41) is 0. The molecule has 1 saturated heterocycles. The number of carbonyl (C=O) groups is 4. The van der Waals surface area contributed by atoms with Gasteiger partial charge in [-0.15, -0.1) is 0 Å². The maximum Gasteiger partial charge on any atom is 0.311 e. The van der Waals surface area contributed by atoms with Crippen molar-refractivity contribution in [3.63, 3.8) is 0 Å². The van der Waals surface area contributed by atoms with Crippen molar-refractivity contribution in [2.45, 2.75) is 53.9 Å². The molecule has 1 aromatic carbocycles. The molecule has 1 heterocycles. The highest BCUT2D eigenvalue weighted by Crippen LogP contribution is 2.48. The molecule has 0 spiro atoms. The van der Waals surface area contributed by atoms with Crippen molar-refractivity contribution in [2.24, 2.45) is 28.4 Å². The van der Waals surface area contributed by atoms with Gasteiger partial charge in [0.1, 0.15) is 0 Å². The highest BCUT2D eigenvalue weighted by Gasteiger charge is 2.59. The quantitative estimate of drug-likeness (QED) is 0.492. The van der Waals surface area contributed by atoms with Gasteiger partial charge in [-0.1, -0.05) is 39.0 Å². The summed E-state index contributed by atoms with van der Waals surface area (Å²) in [5.74, 6) is -3.70. The summed E-state index contributed by atoms with van der Waals surface area (Å²) in [4.78, 5) is 52.9. The van der Waals surface area contributed by atoms with E-state index in [1.807, 2.05) is 13.8 Å². The zero-order valence-electron chi connectivity index (χ0n) is 18.4. The second-order valence-electron chi connectivity index (χ2n) is 8.62. The van der Waals surface area contributed by atoms with Crippen LogP contribution >= 0.6 is 0 Å². The zero-order valence-corrected chi connectivity index (χ0v) is 18.4. The Kier molecular flexibility index (Phi) is 7.06. The lowest BCUT2D eigenvalue weighted by Gasteiger charge is -2.39. The number of imide groups is 1. The molecule has 7 nitrogen and oxygen atoms in total. The number of esters is 1. The number of rotatable bonds is 9. The first kappa shape index (κ1) is 23.6. The van der Waals surface area contributed by atoms with Crippen molar-refractivity contribution in [3.05, 3.63) is 30.3 Å². The van der Waals surface area contributed by atoms with E-state index in [1.165, 1.54) is 0 Å². The first-order valence-corrected chi connectivity index (χ1v) is 10.4. The topological polar surface area (TPSA) is 107 Å². The van der Waals surface area contributed by atoms with Crippen LogP contribution in [0.25, 0.3) is 0 Å². The van der Waals surface area contributed by atoms with Crippen molar-refractivity contribution < 1.29 is 23.9 Å². The predicted molar refractivity (Wildman–Crippen MR) is 113 cm³/mol. The number of nitrogens with zero attached hydrogens (tertiary/aromatic N) is 1. The number of hydrogen-bond acceptors (Lipinski definition) is 5. The van der Waals surface area contributed by atoms with Crippen molar-refractivity contribution in [1.29, 1.82) is 0 Å². The molecule has 4 atom stereocenters. The number of para-hydroxylation sites is 1. The molecule has 2 N–H and O–H groups in total. The molecule has 1 aromatic rings. The van der Waals surface area contributed by atoms with Crippen LogP contribution in [0.1, 0.15) is 53.9 Å². The highest BCUT2D eigenvalue weighted by atomic mass is 16.5. The van der Waals surface area contributed by atoms with Gasteiger partial charge in [-0.2, -0.15) is 0 Å². The van der Waals surface area contributed by atoms with E-state index in [1.54, 1.807) is 51.1 Å². The number of carbonyl (C=O) groups excluding carboxylic acids is 4. The van der Waals surface area contributed by atoms with E-state index in [2.05, 4.69) is 0 Å². The smallest absolute Gasteiger partial charge is 0.311 e. The predicted octanol–water partition coefficient (Wildman–Crippen LogP) is 3.06. The Hall–Kier alpha value is -2.70. The van der Waals surface area contributed by atoms with Crippen LogP contribution in [0, 0.1) is 22.7 Å². The summed E-state index contributed by atoms with van der Waals surface area (Å²) in [6.07, 6.45) is 1.10. The average Bonchev–Trinajstić information content (AvgIpc) is 2.95. The van der Waals surface area contributed by atoms with Crippen LogP contribution in [-0.2, 0) is 23.9 Å². The molecule has 0 bridgehead atoms. The highest BCUT2D eigenvalue weighted by molar-refractivity contribution is 6.23. The molecule has 2 rings (SSSR count). The molecule has 0 aromatic heterocycles. The van der Waals surface area contributed by atoms with Crippen LogP contribution in [0.2, 0.25) is 0 Å². The maximum absolute atomic E-state index is 13.4. The molecule has 3 amide bonds. The Balaban J connectivity index is 2.45. The molecule has 7 heteroatoms. The molecule has 4 unspecified atom stereocenters. The SMILES string of the molecule is CCCOC(=O)C(C)(CC)CC(C)(C(N)=O)C1C(=O)N(c2ccccc2)C(=O)C1C. The van der Waals surface area contributed by atoms with Crippen LogP contribution in [0.5, 0.6) is 0 Å². The van der Waals surface area contributed by atoms with Gasteiger partial charge in [0, 0.05) is 5.92 Å². The van der Waals surface area contributed by atoms with Crippen molar-refractivity contribution in [2.75, 3.05) is 11.5 Å². The van der Waals surface area contributed by atoms with Gasteiger partial charge >= 0.3 is 5.97 Å². The summed E-state index contributed by atoms with van der Waals surface area (Å²) >= 11 is 0. The minimum atomic E-state index is -1.40. The molecule has 0 radical (unpaired) electrons. The van der Waals surface area contributed by atoms with Gasteiger partial charge in [-0.25, -0.2) is 0 Å². The van der Waals surface area contributed by atoms with Crippen LogP contribution in [0.4, 0.5) is 5.69 Å². The van der Waals surface area contributed by atoms with E-state index in [0.717, 1.165) is 4.90 Å². The maximum atomic E-state index is 13.4. The Morgan fingerprint density at radius 1 is 1.10 bits per heavy atom. The van der Waals surface area contributed by atoms with E-state index < -0.39 is 40.4 Å². The molecule has 0 aliphatic carbocycles. The lowest BCUT2D eigenvalue weighted by molar-refractivity contribution is -0.160. The molecular formula is C23H32N2O5. The second-order valence-corrected chi connectivity index (χ2v) is 8.62. The molecule has 30 heavy (non-hydrogen) atoms. The number of benzene rings is 1. The average molecular weight is 417 g/mol. The minimum absolute atomic E-state index is 0.0189. The standard InChI is InChI=1S/C23H32N2O5/c1-6-13-30-21(29)22(4,7-2)14-23(5,20(24)28)17-15(3)18(26)25(19(17)27)16-11-9-8-10-12-16/h8-12,15,17H,6-7,13-14H2,1-5H3,(H2,24,28). The summed E-state index contributed by atoms with van der Waals surface area (Å²) < 4.78 is 5.35. The van der Waals surface area contributed by atoms with Crippen LogP contribution in [0.3, 0.4) is 0 Å². The summed E-state index contributed by atoms with van der Waals surface area (Å²) in [6, 6.07) is 8.60. The number of anilines is 1. The van der Waals surface area contributed by atoms with Gasteiger partial charge in [0.2, 0.25) is 17.7 Å². The third-order valence-electron chi connectivity index (χ3n) is 6.33. The normalized spacial score (nSPS) is 23.0. The molecule has 0 saturated carbocycles. The first-order chi connectivity index (χ1) is 14.0. The fourth-order valence-electron chi connectivity index (χ4n) is 4.33. The third-order valence-corrected chi connectivity index (χ3v) is 6.33. The van der Waals surface area contributed by atoms with E-state index in [-0.39, 0.29) is 18.9 Å². The van der Waals surface area contributed by atoms with E-state index in [9.17, 15) is 19.2 Å². The van der Waals surface area contributed by atoms with E-state index in [4.69, 9.17) is 10.5 Å². The molecule has 164 valence electrons. The Bertz CT molecular complexity index is 824. The monoisotopic (exact) mass is 416 g/mol. The van der Waals surface area contributed by atoms with Gasteiger partial charge in [-0.3, -0.25) is 24.1 Å². The van der Waals surface area contributed by atoms with Crippen molar-refractivity contribution in [3.8, 4) is 0 Å². The van der Waals surface area contributed by atoms with E-state index >= 15 is 0 Å². The van der Waals surface area contributed by atoms with Crippen molar-refractivity contribution in [1.82, 2.24) is 0 Å². The number of amides is 3. The lowest BCUT2D eigenvalue weighted by Crippen LogP contribution is -2.50. The van der Waals surface area contributed by atoms with Gasteiger partial charge in [0.15, 0.2) is 0 Å². The number of primary amides is 1. The largest absolute Gasteiger partial charge is 0.465 e. The van der Waals surface area contributed by atoms with Gasteiger partial charge in [0.25, 0.3) is 0 Å². The summed E-state index contributed by atoms with van der Waals surface area (Å²) in [5.41, 5.74) is 3.84. The summed E-state index contributed by atoms with van der Waals surface area (Å²) in [6.45, 7) is 8.93. The Morgan fingerprint density at radius 3 is 2.20 bits per heavy atom. The number of nitrogens with two attached hydrogens (primary N) is 1. The Labute approximate surface area is 177 Å². The number of ether oxygens (including phenoxy) is 1. The molecule has 1 fully saturated rings. The lowest BCUT2D eigenvalue weighted by atomic mass is 9.62. The van der Waals surface area contributed by atoms with E-state index in [0.29, 0.717) is 18.5 Å². The van der Waals surface area contributed by atoms with Gasteiger partial charge in [-0.05, 0) is 45.2 Å². The minimum Gasteiger partial charge on any atom is -0.465 e. The third kappa shape index (κ3) is 4.11. The first-order valence-electron chi connectivity index (χ1n) is 10.4.